The zero-order valence-electron chi connectivity index (χ0n) is 20.9. The summed E-state index contributed by atoms with van der Waals surface area (Å²) < 4.78 is 2.12. The number of nitrogens with zero attached hydrogens (tertiary/aromatic N) is 5. The van der Waals surface area contributed by atoms with E-state index in [4.69, 9.17) is 11.6 Å². The minimum absolute atomic E-state index is 0.113. The molecule has 5 rings (SSSR count). The maximum Gasteiger partial charge on any atom is 0.253 e. The summed E-state index contributed by atoms with van der Waals surface area (Å²) in [5.74, 6) is 1.59. The van der Waals surface area contributed by atoms with Crippen molar-refractivity contribution in [2.75, 3.05) is 32.7 Å². The first-order valence-electron chi connectivity index (χ1n) is 12.6. The van der Waals surface area contributed by atoms with E-state index in [9.17, 15) is 4.79 Å². The highest BCUT2D eigenvalue weighted by Crippen LogP contribution is 2.31. The van der Waals surface area contributed by atoms with Gasteiger partial charge in [-0.25, -0.2) is 0 Å². The number of carbonyl (C=O) groups is 1. The van der Waals surface area contributed by atoms with E-state index in [0.717, 1.165) is 66.1 Å². The third-order valence-electron chi connectivity index (χ3n) is 6.69. The lowest BCUT2D eigenvalue weighted by Gasteiger charge is -2.34. The van der Waals surface area contributed by atoms with Crippen LogP contribution in [0, 0.1) is 0 Å². The SMILES string of the molecule is CCN1CCN(C(=O)c2ccc(CSc3nnc(-c4ccccc4Cl)n3Cc3ccccc3)cc2)CC1. The van der Waals surface area contributed by atoms with E-state index in [-0.39, 0.29) is 5.91 Å². The molecule has 1 saturated heterocycles. The third-order valence-corrected chi connectivity index (χ3v) is 8.06. The number of halogens is 1. The topological polar surface area (TPSA) is 54.3 Å². The number of benzene rings is 3. The standard InChI is InChI=1S/C29H30ClN5OS/c1-2-33-16-18-34(19-17-33)28(36)24-14-12-23(13-15-24)21-37-29-32-31-27(25-10-6-7-11-26(25)30)35(29)20-22-8-4-3-5-9-22/h3-15H,2,16-21H2,1H3. The van der Waals surface area contributed by atoms with Gasteiger partial charge in [0.2, 0.25) is 0 Å². The Morgan fingerprint density at radius 3 is 2.27 bits per heavy atom. The highest BCUT2D eigenvalue weighted by Gasteiger charge is 2.21. The zero-order chi connectivity index (χ0) is 25.6. The van der Waals surface area contributed by atoms with Crippen molar-refractivity contribution in [1.82, 2.24) is 24.6 Å². The van der Waals surface area contributed by atoms with Crippen LogP contribution in [0.4, 0.5) is 0 Å². The van der Waals surface area contributed by atoms with E-state index < -0.39 is 0 Å². The second-order valence-corrected chi connectivity index (χ2v) is 10.4. The van der Waals surface area contributed by atoms with Gasteiger partial charge in [0.1, 0.15) is 0 Å². The van der Waals surface area contributed by atoms with Crippen LogP contribution in [0.3, 0.4) is 0 Å². The van der Waals surface area contributed by atoms with Crippen molar-refractivity contribution in [3.05, 3.63) is 101 Å². The number of thioether (sulfide) groups is 1. The molecule has 0 spiro atoms. The second kappa shape index (κ2) is 11.9. The molecule has 190 valence electrons. The van der Waals surface area contributed by atoms with Gasteiger partial charge in [0.05, 0.1) is 11.6 Å². The van der Waals surface area contributed by atoms with Crippen molar-refractivity contribution in [3.63, 3.8) is 0 Å². The van der Waals surface area contributed by atoms with Crippen LogP contribution in [0.2, 0.25) is 5.02 Å². The number of amides is 1. The number of rotatable bonds is 8. The number of hydrogen-bond acceptors (Lipinski definition) is 5. The lowest BCUT2D eigenvalue weighted by atomic mass is 10.1. The Morgan fingerprint density at radius 1 is 0.865 bits per heavy atom. The van der Waals surface area contributed by atoms with Gasteiger partial charge in [0, 0.05) is 43.1 Å². The lowest BCUT2D eigenvalue weighted by Crippen LogP contribution is -2.48. The van der Waals surface area contributed by atoms with Crippen LogP contribution in [0.1, 0.15) is 28.4 Å². The molecule has 8 heteroatoms. The highest BCUT2D eigenvalue weighted by atomic mass is 35.5. The molecule has 1 aliphatic rings. The van der Waals surface area contributed by atoms with E-state index in [0.29, 0.717) is 11.6 Å². The first-order valence-corrected chi connectivity index (χ1v) is 13.9. The summed E-state index contributed by atoms with van der Waals surface area (Å²) in [5.41, 5.74) is 3.90. The summed E-state index contributed by atoms with van der Waals surface area (Å²) in [7, 11) is 0. The Kier molecular flexibility index (Phi) is 8.24. The maximum atomic E-state index is 12.9. The van der Waals surface area contributed by atoms with E-state index in [2.05, 4.69) is 38.7 Å². The van der Waals surface area contributed by atoms with Gasteiger partial charge < -0.3 is 9.80 Å². The average Bonchev–Trinajstić information content (AvgIpc) is 3.34. The normalized spacial score (nSPS) is 14.2. The second-order valence-electron chi connectivity index (χ2n) is 9.07. The molecule has 1 aromatic heterocycles. The van der Waals surface area contributed by atoms with Gasteiger partial charge in [0.15, 0.2) is 11.0 Å². The predicted molar refractivity (Wildman–Crippen MR) is 150 cm³/mol. The highest BCUT2D eigenvalue weighted by molar-refractivity contribution is 7.98. The smallest absolute Gasteiger partial charge is 0.253 e. The molecule has 0 saturated carbocycles. The average molecular weight is 532 g/mol. The fourth-order valence-corrected chi connectivity index (χ4v) is 5.60. The number of carbonyl (C=O) groups excluding carboxylic acids is 1. The van der Waals surface area contributed by atoms with Gasteiger partial charge >= 0.3 is 0 Å². The molecule has 0 N–H and O–H groups in total. The zero-order valence-corrected chi connectivity index (χ0v) is 22.5. The molecular formula is C29H30ClN5OS. The fourth-order valence-electron chi connectivity index (χ4n) is 4.49. The summed E-state index contributed by atoms with van der Waals surface area (Å²) in [6.45, 7) is 7.30. The molecule has 0 atom stereocenters. The van der Waals surface area contributed by atoms with Crippen molar-refractivity contribution in [1.29, 1.82) is 0 Å². The van der Waals surface area contributed by atoms with Crippen LogP contribution in [0.25, 0.3) is 11.4 Å². The summed E-state index contributed by atoms with van der Waals surface area (Å²) in [6, 6.07) is 26.0. The summed E-state index contributed by atoms with van der Waals surface area (Å²) in [5, 5.41) is 10.5. The monoisotopic (exact) mass is 531 g/mol. The quantitative estimate of drug-likeness (QED) is 0.272. The summed E-state index contributed by atoms with van der Waals surface area (Å²) >= 11 is 8.14. The van der Waals surface area contributed by atoms with E-state index in [1.54, 1.807) is 11.8 Å². The Hall–Kier alpha value is -3.13. The number of piperazine rings is 1. The lowest BCUT2D eigenvalue weighted by molar-refractivity contribution is 0.0643. The molecule has 4 aromatic rings. The Labute approximate surface area is 227 Å². The maximum absolute atomic E-state index is 12.9. The van der Waals surface area contributed by atoms with Crippen molar-refractivity contribution < 1.29 is 4.79 Å². The van der Waals surface area contributed by atoms with Crippen LogP contribution in [-0.2, 0) is 12.3 Å². The van der Waals surface area contributed by atoms with Gasteiger partial charge in [-0.1, -0.05) is 84.9 Å². The third kappa shape index (κ3) is 6.06. The van der Waals surface area contributed by atoms with Crippen molar-refractivity contribution in [2.45, 2.75) is 24.4 Å². The van der Waals surface area contributed by atoms with Crippen LogP contribution < -0.4 is 0 Å². The van der Waals surface area contributed by atoms with Gasteiger partial charge in [-0.05, 0) is 41.9 Å². The number of hydrogen-bond donors (Lipinski definition) is 0. The molecule has 6 nitrogen and oxygen atoms in total. The summed E-state index contributed by atoms with van der Waals surface area (Å²) in [6.07, 6.45) is 0. The van der Waals surface area contributed by atoms with Crippen LogP contribution >= 0.6 is 23.4 Å². The van der Waals surface area contributed by atoms with Crippen LogP contribution in [0.5, 0.6) is 0 Å². The molecule has 1 fully saturated rings. The molecule has 0 bridgehead atoms. The molecule has 0 unspecified atom stereocenters. The molecule has 1 aliphatic heterocycles. The summed E-state index contributed by atoms with van der Waals surface area (Å²) in [4.78, 5) is 17.3. The Morgan fingerprint density at radius 2 is 1.57 bits per heavy atom. The minimum Gasteiger partial charge on any atom is -0.336 e. The van der Waals surface area contributed by atoms with Crippen molar-refractivity contribution in [3.8, 4) is 11.4 Å². The molecule has 2 heterocycles. The molecule has 1 amide bonds. The predicted octanol–water partition coefficient (Wildman–Crippen LogP) is 5.72. The van der Waals surface area contributed by atoms with Gasteiger partial charge in [-0.2, -0.15) is 0 Å². The molecule has 3 aromatic carbocycles. The van der Waals surface area contributed by atoms with Gasteiger partial charge in [0.25, 0.3) is 5.91 Å². The number of likely N-dealkylation sites (N-methyl/N-ethyl adjacent to an activating group) is 1. The fraction of sp³-hybridized carbons (Fsp3) is 0.276. The minimum atomic E-state index is 0.113. The first kappa shape index (κ1) is 25.5. The molecule has 37 heavy (non-hydrogen) atoms. The molecule has 0 radical (unpaired) electrons. The van der Waals surface area contributed by atoms with E-state index in [1.165, 1.54) is 5.56 Å². The molecular weight excluding hydrogens is 502 g/mol. The Bertz CT molecular complexity index is 1330. The van der Waals surface area contributed by atoms with E-state index in [1.807, 2.05) is 71.6 Å². The Balaban J connectivity index is 1.30. The van der Waals surface area contributed by atoms with Crippen LogP contribution in [0.15, 0.2) is 84.0 Å². The van der Waals surface area contributed by atoms with Crippen molar-refractivity contribution in [2.24, 2.45) is 0 Å². The van der Waals surface area contributed by atoms with E-state index >= 15 is 0 Å². The largest absolute Gasteiger partial charge is 0.336 e. The van der Waals surface area contributed by atoms with Crippen molar-refractivity contribution >= 4 is 29.3 Å². The van der Waals surface area contributed by atoms with Gasteiger partial charge in [-0.3, -0.25) is 9.36 Å². The first-order chi connectivity index (χ1) is 18.1. The van der Waals surface area contributed by atoms with Crippen LogP contribution in [-0.4, -0.2) is 63.2 Å². The molecule has 0 aliphatic carbocycles. The van der Waals surface area contributed by atoms with Gasteiger partial charge in [-0.15, -0.1) is 10.2 Å². The number of aromatic nitrogens is 3.